The summed E-state index contributed by atoms with van der Waals surface area (Å²) in [6.07, 6.45) is 18.8. The molecule has 1 fully saturated rings. The standard InChI is InChI=1S/C32H60O10/c1-2-3-4-5-6-7-8-9-10-11-12-13-14-15-16-17-30(36)40-25-24-37-26-28(38-21-18-33)32-31(41-23-20-35)29(27-42-32)39-22-19-34/h9-10,28-29,31-35H,2-8,11-27H2,1H3/b10-9+/t28-,29-,31+,32-/m0/s1. The van der Waals surface area contributed by atoms with Crippen molar-refractivity contribution in [3.63, 3.8) is 0 Å². The van der Waals surface area contributed by atoms with E-state index in [1.807, 2.05) is 0 Å². The normalized spacial score (nSPS) is 19.6. The van der Waals surface area contributed by atoms with E-state index in [1.54, 1.807) is 0 Å². The third-order valence-electron chi connectivity index (χ3n) is 7.17. The molecule has 42 heavy (non-hydrogen) atoms. The number of allylic oxidation sites excluding steroid dienone is 2. The molecule has 0 saturated carbocycles. The maximum absolute atomic E-state index is 12.1. The molecule has 0 bridgehead atoms. The maximum Gasteiger partial charge on any atom is 0.305 e. The van der Waals surface area contributed by atoms with E-state index in [0.29, 0.717) is 6.42 Å². The third kappa shape index (κ3) is 20.0. The fourth-order valence-corrected chi connectivity index (χ4v) is 4.93. The van der Waals surface area contributed by atoms with Crippen LogP contribution in [0.15, 0.2) is 12.2 Å². The van der Waals surface area contributed by atoms with Gasteiger partial charge < -0.3 is 43.7 Å². The van der Waals surface area contributed by atoms with Crippen molar-refractivity contribution in [3.8, 4) is 0 Å². The van der Waals surface area contributed by atoms with Gasteiger partial charge in [0.2, 0.25) is 0 Å². The zero-order valence-electron chi connectivity index (χ0n) is 26.1. The second-order valence-electron chi connectivity index (χ2n) is 10.8. The summed E-state index contributed by atoms with van der Waals surface area (Å²) in [6, 6.07) is 0. The number of hydrogen-bond acceptors (Lipinski definition) is 10. The van der Waals surface area contributed by atoms with Gasteiger partial charge in [0.25, 0.3) is 0 Å². The van der Waals surface area contributed by atoms with Crippen LogP contribution in [0.2, 0.25) is 0 Å². The molecule has 0 aromatic carbocycles. The van der Waals surface area contributed by atoms with Gasteiger partial charge in [0.15, 0.2) is 0 Å². The SMILES string of the molecule is CCCCCCCC/C=C/CCCCCCCC(=O)OCCOC[C@H](OCCO)[C@@H]1OC[C@H](OCCO)[C@H]1OCCO. The molecular weight excluding hydrogens is 544 g/mol. The predicted octanol–water partition coefficient (Wildman–Crippen LogP) is 4.12. The van der Waals surface area contributed by atoms with Crippen molar-refractivity contribution >= 4 is 5.97 Å². The molecule has 0 radical (unpaired) electrons. The highest BCUT2D eigenvalue weighted by Gasteiger charge is 2.44. The van der Waals surface area contributed by atoms with E-state index in [-0.39, 0.29) is 72.0 Å². The van der Waals surface area contributed by atoms with Crippen LogP contribution >= 0.6 is 0 Å². The van der Waals surface area contributed by atoms with Gasteiger partial charge in [0.05, 0.1) is 59.5 Å². The van der Waals surface area contributed by atoms with Crippen molar-refractivity contribution in [3.05, 3.63) is 12.2 Å². The first-order valence-electron chi connectivity index (χ1n) is 16.3. The van der Waals surface area contributed by atoms with E-state index in [4.69, 9.17) is 33.5 Å². The van der Waals surface area contributed by atoms with Crippen molar-refractivity contribution in [2.75, 3.05) is 66.1 Å². The van der Waals surface area contributed by atoms with Crippen LogP contribution in [0.25, 0.3) is 0 Å². The number of rotatable bonds is 30. The first-order valence-corrected chi connectivity index (χ1v) is 16.3. The Morgan fingerprint density at radius 2 is 1.40 bits per heavy atom. The zero-order chi connectivity index (χ0) is 30.5. The Bertz CT molecular complexity index is 632. The fraction of sp³-hybridized carbons (Fsp3) is 0.906. The van der Waals surface area contributed by atoms with E-state index in [1.165, 1.54) is 57.8 Å². The van der Waals surface area contributed by atoms with Crippen molar-refractivity contribution < 1.29 is 48.5 Å². The number of unbranched alkanes of at least 4 members (excludes halogenated alkanes) is 11. The van der Waals surface area contributed by atoms with Crippen LogP contribution < -0.4 is 0 Å². The highest BCUT2D eigenvalue weighted by molar-refractivity contribution is 5.69. The molecule has 0 aromatic rings. The predicted molar refractivity (Wildman–Crippen MR) is 161 cm³/mol. The lowest BCUT2D eigenvalue weighted by Gasteiger charge is -2.29. The summed E-state index contributed by atoms with van der Waals surface area (Å²) in [5.74, 6) is -0.218. The highest BCUT2D eigenvalue weighted by atomic mass is 16.6. The van der Waals surface area contributed by atoms with Crippen LogP contribution in [-0.4, -0.2) is 112 Å². The molecule has 1 aliphatic rings. The molecule has 3 N–H and O–H groups in total. The molecule has 1 aliphatic heterocycles. The number of carbonyl (C=O) groups is 1. The minimum Gasteiger partial charge on any atom is -0.463 e. The average Bonchev–Trinajstić information content (AvgIpc) is 3.40. The Morgan fingerprint density at radius 3 is 2.07 bits per heavy atom. The highest BCUT2D eigenvalue weighted by Crippen LogP contribution is 2.25. The molecule has 10 heteroatoms. The minimum atomic E-state index is -0.560. The molecule has 4 atom stereocenters. The van der Waals surface area contributed by atoms with E-state index in [2.05, 4.69) is 19.1 Å². The molecule has 0 amide bonds. The largest absolute Gasteiger partial charge is 0.463 e. The van der Waals surface area contributed by atoms with E-state index >= 15 is 0 Å². The first-order chi connectivity index (χ1) is 20.7. The topological polar surface area (TPSA) is 133 Å². The van der Waals surface area contributed by atoms with Crippen LogP contribution in [0.4, 0.5) is 0 Å². The molecule has 1 rings (SSSR count). The number of esters is 1. The Labute approximate surface area is 254 Å². The van der Waals surface area contributed by atoms with Gasteiger partial charge in [-0.05, 0) is 32.1 Å². The van der Waals surface area contributed by atoms with E-state index in [9.17, 15) is 15.0 Å². The number of carbonyl (C=O) groups excluding carboxylic acids is 1. The lowest BCUT2D eigenvalue weighted by Crippen LogP contribution is -2.45. The molecule has 1 saturated heterocycles. The lowest BCUT2D eigenvalue weighted by molar-refractivity contribution is -0.149. The second-order valence-corrected chi connectivity index (χ2v) is 10.8. The number of aliphatic hydroxyl groups is 3. The molecular formula is C32H60O10. The fourth-order valence-electron chi connectivity index (χ4n) is 4.93. The van der Waals surface area contributed by atoms with Crippen LogP contribution in [0.1, 0.15) is 96.8 Å². The van der Waals surface area contributed by atoms with Gasteiger partial charge in [-0.2, -0.15) is 0 Å². The smallest absolute Gasteiger partial charge is 0.305 e. The second kappa shape index (κ2) is 28.6. The van der Waals surface area contributed by atoms with Crippen molar-refractivity contribution in [2.45, 2.75) is 121 Å². The van der Waals surface area contributed by atoms with Crippen molar-refractivity contribution in [2.24, 2.45) is 0 Å². The molecule has 0 spiro atoms. The summed E-state index contributed by atoms with van der Waals surface area (Å²) < 4.78 is 34.0. The molecule has 0 unspecified atom stereocenters. The van der Waals surface area contributed by atoms with Gasteiger partial charge in [-0.25, -0.2) is 0 Å². The summed E-state index contributed by atoms with van der Waals surface area (Å²) in [7, 11) is 0. The number of ether oxygens (including phenoxy) is 6. The number of aliphatic hydroxyl groups excluding tert-OH is 3. The first kappa shape index (κ1) is 38.9. The van der Waals surface area contributed by atoms with Gasteiger partial charge in [-0.15, -0.1) is 0 Å². The van der Waals surface area contributed by atoms with Crippen LogP contribution in [0.5, 0.6) is 0 Å². The summed E-state index contributed by atoms with van der Waals surface area (Å²) in [4.78, 5) is 12.1. The summed E-state index contributed by atoms with van der Waals surface area (Å²) in [6.45, 7) is 2.87. The Morgan fingerprint density at radius 1 is 0.786 bits per heavy atom. The zero-order valence-corrected chi connectivity index (χ0v) is 26.1. The summed E-state index contributed by atoms with van der Waals surface area (Å²) >= 11 is 0. The summed E-state index contributed by atoms with van der Waals surface area (Å²) in [5.41, 5.74) is 0. The van der Waals surface area contributed by atoms with Gasteiger partial charge in [0, 0.05) is 6.42 Å². The van der Waals surface area contributed by atoms with Gasteiger partial charge in [-0.3, -0.25) is 4.79 Å². The van der Waals surface area contributed by atoms with Crippen LogP contribution in [0.3, 0.4) is 0 Å². The third-order valence-corrected chi connectivity index (χ3v) is 7.17. The van der Waals surface area contributed by atoms with Crippen LogP contribution in [-0.2, 0) is 33.2 Å². The maximum atomic E-state index is 12.1. The molecule has 248 valence electrons. The number of hydrogen-bond donors (Lipinski definition) is 3. The average molecular weight is 605 g/mol. The monoisotopic (exact) mass is 604 g/mol. The van der Waals surface area contributed by atoms with Crippen molar-refractivity contribution in [1.29, 1.82) is 0 Å². The van der Waals surface area contributed by atoms with Gasteiger partial charge >= 0.3 is 5.97 Å². The molecule has 0 aliphatic carbocycles. The van der Waals surface area contributed by atoms with Gasteiger partial charge in [0.1, 0.15) is 31.0 Å². The van der Waals surface area contributed by atoms with E-state index < -0.39 is 24.4 Å². The van der Waals surface area contributed by atoms with Gasteiger partial charge in [-0.1, -0.05) is 70.4 Å². The van der Waals surface area contributed by atoms with Crippen LogP contribution in [0, 0.1) is 0 Å². The van der Waals surface area contributed by atoms with Crippen molar-refractivity contribution in [1.82, 2.24) is 0 Å². The quantitative estimate of drug-likeness (QED) is 0.0625. The Balaban J connectivity index is 2.13. The van der Waals surface area contributed by atoms with E-state index in [0.717, 1.165) is 25.7 Å². The molecule has 1 heterocycles. The summed E-state index contributed by atoms with van der Waals surface area (Å²) in [5, 5.41) is 27.5. The Kier molecular flexibility index (Phi) is 26.5. The Hall–Kier alpha value is -1.11. The molecule has 10 nitrogen and oxygen atoms in total. The molecule has 0 aromatic heterocycles. The minimum absolute atomic E-state index is 0.0910. The lowest BCUT2D eigenvalue weighted by atomic mass is 10.1.